The van der Waals surface area contributed by atoms with Gasteiger partial charge in [0.15, 0.2) is 0 Å². The maximum atomic E-state index is 12.4. The minimum Gasteiger partial charge on any atom is -0.461 e. The second-order valence-corrected chi connectivity index (χ2v) is 7.12. The van der Waals surface area contributed by atoms with Crippen LogP contribution in [0.4, 0.5) is 0 Å². The van der Waals surface area contributed by atoms with E-state index in [9.17, 15) is 14.4 Å². The lowest BCUT2D eigenvalue weighted by Gasteiger charge is -2.30. The van der Waals surface area contributed by atoms with Gasteiger partial charge in [0.25, 0.3) is 0 Å². The molecule has 1 aliphatic rings. The Kier molecular flexibility index (Phi) is 5.75. The number of carbonyl (C=O) groups excluding carboxylic acids is 3. The molecule has 0 aromatic heterocycles. The fourth-order valence-corrected chi connectivity index (χ4v) is 2.75. The summed E-state index contributed by atoms with van der Waals surface area (Å²) in [7, 11) is 0. The van der Waals surface area contributed by atoms with Crippen LogP contribution in [-0.4, -0.2) is 23.3 Å². The molecule has 0 aliphatic heterocycles. The van der Waals surface area contributed by atoms with E-state index in [1.807, 2.05) is 30.3 Å². The van der Waals surface area contributed by atoms with Crippen molar-refractivity contribution in [3.63, 3.8) is 0 Å². The maximum absolute atomic E-state index is 12.4. The first-order valence-corrected chi connectivity index (χ1v) is 8.21. The number of carbonyl (C=O) groups is 3. The molecular formula is C19H24O5. The van der Waals surface area contributed by atoms with Crippen molar-refractivity contribution >= 4 is 17.7 Å². The van der Waals surface area contributed by atoms with Crippen LogP contribution in [0.1, 0.15) is 45.6 Å². The first-order valence-electron chi connectivity index (χ1n) is 8.21. The summed E-state index contributed by atoms with van der Waals surface area (Å²) in [5.74, 6) is -2.34. The summed E-state index contributed by atoms with van der Waals surface area (Å²) in [4.78, 5) is 36.5. The molecule has 1 aromatic rings. The van der Waals surface area contributed by atoms with E-state index in [-0.39, 0.29) is 18.8 Å². The van der Waals surface area contributed by atoms with E-state index in [1.165, 1.54) is 0 Å². The maximum Gasteiger partial charge on any atom is 0.310 e. The van der Waals surface area contributed by atoms with E-state index in [1.54, 1.807) is 20.8 Å². The fraction of sp³-hybridized carbons (Fsp3) is 0.526. The van der Waals surface area contributed by atoms with Crippen LogP contribution in [0.15, 0.2) is 30.3 Å². The molecule has 0 saturated heterocycles. The zero-order valence-corrected chi connectivity index (χ0v) is 14.4. The number of hydrogen-bond donors (Lipinski definition) is 0. The quantitative estimate of drug-likeness (QED) is 0.793. The summed E-state index contributed by atoms with van der Waals surface area (Å²) in [6, 6.07) is 9.30. The molecule has 24 heavy (non-hydrogen) atoms. The molecule has 0 spiro atoms. The van der Waals surface area contributed by atoms with Crippen molar-refractivity contribution in [3.8, 4) is 0 Å². The highest BCUT2D eigenvalue weighted by Gasteiger charge is 2.41. The summed E-state index contributed by atoms with van der Waals surface area (Å²) < 4.78 is 10.7. The van der Waals surface area contributed by atoms with Gasteiger partial charge < -0.3 is 9.47 Å². The lowest BCUT2D eigenvalue weighted by molar-refractivity contribution is -0.171. The van der Waals surface area contributed by atoms with E-state index < -0.39 is 29.4 Å². The molecule has 1 saturated carbocycles. The Bertz CT molecular complexity index is 600. The van der Waals surface area contributed by atoms with Crippen molar-refractivity contribution in [2.45, 2.75) is 52.2 Å². The van der Waals surface area contributed by atoms with Gasteiger partial charge in [0, 0.05) is 12.8 Å². The van der Waals surface area contributed by atoms with Crippen LogP contribution in [0.25, 0.3) is 0 Å². The minimum atomic E-state index is -0.759. The SMILES string of the molecule is CC(C)(C)OC(=O)C1CCC(=O)CC1C(=O)OCc1ccccc1. The summed E-state index contributed by atoms with van der Waals surface area (Å²) in [5.41, 5.74) is 0.235. The number of hydrogen-bond acceptors (Lipinski definition) is 5. The average Bonchev–Trinajstić information content (AvgIpc) is 2.51. The summed E-state index contributed by atoms with van der Waals surface area (Å²) >= 11 is 0. The topological polar surface area (TPSA) is 69.7 Å². The second kappa shape index (κ2) is 7.60. The Morgan fingerprint density at radius 2 is 1.75 bits per heavy atom. The molecule has 2 atom stereocenters. The highest BCUT2D eigenvalue weighted by atomic mass is 16.6. The van der Waals surface area contributed by atoms with Crippen molar-refractivity contribution in [1.29, 1.82) is 0 Å². The molecule has 0 amide bonds. The molecule has 1 aromatic carbocycles. The Hall–Kier alpha value is -2.17. The number of rotatable bonds is 4. The van der Waals surface area contributed by atoms with Crippen molar-refractivity contribution in [2.24, 2.45) is 11.8 Å². The van der Waals surface area contributed by atoms with E-state index in [2.05, 4.69) is 0 Å². The van der Waals surface area contributed by atoms with Crippen molar-refractivity contribution < 1.29 is 23.9 Å². The largest absolute Gasteiger partial charge is 0.461 e. The molecule has 0 heterocycles. The standard InChI is InChI=1S/C19H24O5/c1-19(2,3)24-18(22)15-10-9-14(20)11-16(15)17(21)23-12-13-7-5-4-6-8-13/h4-8,15-16H,9-12H2,1-3H3. The number of ether oxygens (including phenoxy) is 2. The lowest BCUT2D eigenvalue weighted by atomic mass is 9.78. The molecule has 1 aliphatic carbocycles. The minimum absolute atomic E-state index is 0.0172. The average molecular weight is 332 g/mol. The highest BCUT2D eigenvalue weighted by molar-refractivity contribution is 5.90. The summed E-state index contributed by atoms with van der Waals surface area (Å²) in [6.07, 6.45) is 0.669. The van der Waals surface area contributed by atoms with Crippen LogP contribution in [0.5, 0.6) is 0 Å². The zero-order valence-electron chi connectivity index (χ0n) is 14.4. The van der Waals surface area contributed by atoms with Gasteiger partial charge in [0.1, 0.15) is 18.0 Å². The van der Waals surface area contributed by atoms with Gasteiger partial charge in [0.05, 0.1) is 11.8 Å². The molecule has 0 N–H and O–H groups in total. The third-order valence-corrected chi connectivity index (χ3v) is 3.90. The van der Waals surface area contributed by atoms with Crippen LogP contribution in [0.2, 0.25) is 0 Å². The number of Topliss-reactive ketones (excluding diaryl/α,β-unsaturated/α-hetero) is 1. The Morgan fingerprint density at radius 3 is 2.38 bits per heavy atom. The van der Waals surface area contributed by atoms with E-state index in [0.29, 0.717) is 12.8 Å². The van der Waals surface area contributed by atoms with Crippen LogP contribution in [0, 0.1) is 11.8 Å². The fourth-order valence-electron chi connectivity index (χ4n) is 2.75. The second-order valence-electron chi connectivity index (χ2n) is 7.12. The summed E-state index contributed by atoms with van der Waals surface area (Å²) in [6.45, 7) is 5.47. The number of esters is 2. The molecule has 0 bridgehead atoms. The van der Waals surface area contributed by atoms with Gasteiger partial charge in [-0.15, -0.1) is 0 Å². The highest BCUT2D eigenvalue weighted by Crippen LogP contribution is 2.31. The molecule has 2 rings (SSSR count). The van der Waals surface area contributed by atoms with E-state index >= 15 is 0 Å². The Balaban J connectivity index is 2.03. The van der Waals surface area contributed by atoms with Gasteiger partial charge in [-0.05, 0) is 32.8 Å². The molecule has 2 unspecified atom stereocenters. The van der Waals surface area contributed by atoms with Crippen molar-refractivity contribution in [1.82, 2.24) is 0 Å². The monoisotopic (exact) mass is 332 g/mol. The van der Waals surface area contributed by atoms with Crippen molar-refractivity contribution in [3.05, 3.63) is 35.9 Å². The number of ketones is 1. The van der Waals surface area contributed by atoms with Crippen LogP contribution >= 0.6 is 0 Å². The third kappa shape index (κ3) is 5.18. The van der Waals surface area contributed by atoms with Gasteiger partial charge in [-0.3, -0.25) is 14.4 Å². The zero-order chi connectivity index (χ0) is 17.7. The first kappa shape index (κ1) is 18.2. The van der Waals surface area contributed by atoms with Gasteiger partial charge in [-0.25, -0.2) is 0 Å². The predicted molar refractivity (Wildman–Crippen MR) is 87.9 cm³/mol. The summed E-state index contributed by atoms with van der Waals surface area (Å²) in [5, 5.41) is 0. The number of benzene rings is 1. The van der Waals surface area contributed by atoms with Gasteiger partial charge >= 0.3 is 11.9 Å². The Labute approximate surface area is 142 Å². The lowest BCUT2D eigenvalue weighted by Crippen LogP contribution is -2.40. The smallest absolute Gasteiger partial charge is 0.310 e. The van der Waals surface area contributed by atoms with Crippen LogP contribution in [0.3, 0.4) is 0 Å². The van der Waals surface area contributed by atoms with Gasteiger partial charge in [-0.2, -0.15) is 0 Å². The van der Waals surface area contributed by atoms with E-state index in [4.69, 9.17) is 9.47 Å². The van der Waals surface area contributed by atoms with Gasteiger partial charge in [0.2, 0.25) is 0 Å². The van der Waals surface area contributed by atoms with Gasteiger partial charge in [-0.1, -0.05) is 30.3 Å². The third-order valence-electron chi connectivity index (χ3n) is 3.90. The molecule has 5 nitrogen and oxygen atoms in total. The molecular weight excluding hydrogens is 308 g/mol. The van der Waals surface area contributed by atoms with Crippen LogP contribution in [-0.2, 0) is 30.5 Å². The predicted octanol–water partition coefficient (Wildman–Crippen LogP) is 3.06. The Morgan fingerprint density at radius 1 is 1.08 bits per heavy atom. The van der Waals surface area contributed by atoms with Crippen LogP contribution < -0.4 is 0 Å². The molecule has 0 radical (unpaired) electrons. The first-order chi connectivity index (χ1) is 11.3. The molecule has 1 fully saturated rings. The van der Waals surface area contributed by atoms with Crippen molar-refractivity contribution in [2.75, 3.05) is 0 Å². The normalized spacial score (nSPS) is 21.2. The molecule has 130 valence electrons. The van der Waals surface area contributed by atoms with E-state index in [0.717, 1.165) is 5.56 Å². The molecule has 5 heteroatoms.